The van der Waals surface area contributed by atoms with E-state index in [1.54, 1.807) is 0 Å². The lowest BCUT2D eigenvalue weighted by atomic mass is 10.2. The summed E-state index contributed by atoms with van der Waals surface area (Å²) in [7, 11) is 3.53. The van der Waals surface area contributed by atoms with E-state index in [4.69, 9.17) is 4.74 Å². The van der Waals surface area contributed by atoms with Gasteiger partial charge in [0.1, 0.15) is 11.9 Å². The molecule has 0 aliphatic heterocycles. The summed E-state index contributed by atoms with van der Waals surface area (Å²) in [5.74, 6) is 1.67. The van der Waals surface area contributed by atoms with Crippen LogP contribution in [0.1, 0.15) is 57.5 Å². The maximum atomic E-state index is 11.3. The van der Waals surface area contributed by atoms with Crippen LogP contribution in [0.15, 0.2) is 6.20 Å². The molecule has 116 valence electrons. The molecule has 0 atom stereocenters. The summed E-state index contributed by atoms with van der Waals surface area (Å²) in [6.45, 7) is 7.65. The fourth-order valence-electron chi connectivity index (χ4n) is 2.52. The zero-order valence-electron chi connectivity index (χ0n) is 13.3. The Morgan fingerprint density at radius 2 is 2.10 bits per heavy atom. The third-order valence-corrected chi connectivity index (χ3v) is 3.39. The normalized spacial score (nSPS) is 10.5. The maximum absolute atomic E-state index is 11.3. The summed E-state index contributed by atoms with van der Waals surface area (Å²) >= 11 is 0. The summed E-state index contributed by atoms with van der Waals surface area (Å²) in [5.41, 5.74) is 1.23. The van der Waals surface area contributed by atoms with Crippen molar-refractivity contribution in [2.24, 2.45) is 7.05 Å². The van der Waals surface area contributed by atoms with E-state index in [0.29, 0.717) is 12.3 Å². The highest BCUT2D eigenvalue weighted by Gasteiger charge is 2.23. The van der Waals surface area contributed by atoms with Crippen LogP contribution in [0.25, 0.3) is 0 Å². The second-order valence-corrected chi connectivity index (χ2v) is 5.33. The third-order valence-electron chi connectivity index (χ3n) is 3.39. The van der Waals surface area contributed by atoms with Crippen LogP contribution in [0.3, 0.4) is 0 Å². The molecule has 0 amide bonds. The first-order chi connectivity index (χ1) is 9.01. The van der Waals surface area contributed by atoms with Gasteiger partial charge < -0.3 is 21.7 Å². The van der Waals surface area contributed by atoms with Gasteiger partial charge in [-0.1, -0.05) is 27.2 Å². The monoisotopic (exact) mass is 346 g/mol. The molecular formula is C15H27BrN2O2. The lowest BCUT2D eigenvalue weighted by molar-refractivity contribution is -0.680. The molecule has 4 nitrogen and oxygen atoms in total. The van der Waals surface area contributed by atoms with Crippen molar-refractivity contribution in [2.45, 2.75) is 58.9 Å². The molecule has 0 radical (unpaired) electrons. The van der Waals surface area contributed by atoms with Crippen LogP contribution in [0.5, 0.6) is 0 Å². The molecule has 0 bridgehead atoms. The molecule has 20 heavy (non-hydrogen) atoms. The van der Waals surface area contributed by atoms with Gasteiger partial charge in [-0.3, -0.25) is 4.79 Å². The van der Waals surface area contributed by atoms with E-state index in [1.807, 2.05) is 0 Å². The standard InChI is InChI=1S/C15H27N2O2.BrH/c1-6-7-10-17-13(8-9-14(18)19-5)11-16(4)15(17)12(2)3;/h11-12H,6-10H2,1-5H3;1H/q+1;/p-1. The molecule has 1 aromatic heterocycles. The van der Waals surface area contributed by atoms with Crippen molar-refractivity contribution in [3.05, 3.63) is 17.7 Å². The molecule has 0 fully saturated rings. The minimum atomic E-state index is -0.142. The average Bonchev–Trinajstić information content (AvgIpc) is 2.69. The Balaban J connectivity index is 0.00000361. The molecule has 5 heteroatoms. The number of imidazole rings is 1. The van der Waals surface area contributed by atoms with Crippen molar-refractivity contribution in [2.75, 3.05) is 7.11 Å². The van der Waals surface area contributed by atoms with Crippen LogP contribution < -0.4 is 21.5 Å². The number of halogens is 1. The van der Waals surface area contributed by atoms with Crippen molar-refractivity contribution in [3.63, 3.8) is 0 Å². The van der Waals surface area contributed by atoms with Crippen LogP contribution in [-0.2, 0) is 29.5 Å². The number of hydrogen-bond acceptors (Lipinski definition) is 2. The minimum absolute atomic E-state index is 0. The lowest BCUT2D eigenvalue weighted by Gasteiger charge is -2.07. The smallest absolute Gasteiger partial charge is 0.305 e. The summed E-state index contributed by atoms with van der Waals surface area (Å²) < 4.78 is 9.28. The van der Waals surface area contributed by atoms with Crippen molar-refractivity contribution in [1.29, 1.82) is 0 Å². The predicted octanol–water partition coefficient (Wildman–Crippen LogP) is -0.654. The zero-order valence-corrected chi connectivity index (χ0v) is 14.9. The fraction of sp³-hybridized carbons (Fsp3) is 0.733. The Hall–Kier alpha value is -0.840. The van der Waals surface area contributed by atoms with Gasteiger partial charge in [-0.05, 0) is 6.42 Å². The first-order valence-corrected chi connectivity index (χ1v) is 7.16. The number of rotatable bonds is 7. The number of unbranched alkanes of at least 4 members (excludes halogenated alkanes) is 1. The third kappa shape index (κ3) is 4.93. The summed E-state index contributed by atoms with van der Waals surface area (Å²) in [6, 6.07) is 0. The van der Waals surface area contributed by atoms with Gasteiger partial charge in [0.2, 0.25) is 0 Å². The second-order valence-electron chi connectivity index (χ2n) is 5.33. The van der Waals surface area contributed by atoms with Gasteiger partial charge in [-0.25, -0.2) is 9.13 Å². The van der Waals surface area contributed by atoms with Crippen LogP contribution in [-0.4, -0.2) is 17.6 Å². The van der Waals surface area contributed by atoms with Crippen molar-refractivity contribution in [3.8, 4) is 0 Å². The molecule has 0 saturated carbocycles. The highest BCUT2D eigenvalue weighted by molar-refractivity contribution is 5.69. The largest absolute Gasteiger partial charge is 1.00 e. The van der Waals surface area contributed by atoms with Gasteiger partial charge in [0.15, 0.2) is 0 Å². The minimum Gasteiger partial charge on any atom is -1.00 e. The van der Waals surface area contributed by atoms with E-state index < -0.39 is 0 Å². The van der Waals surface area contributed by atoms with Crippen LogP contribution >= 0.6 is 0 Å². The number of nitrogens with zero attached hydrogens (tertiary/aromatic N) is 2. The van der Waals surface area contributed by atoms with Gasteiger partial charge in [-0.15, -0.1) is 0 Å². The number of methoxy groups -OCH3 is 1. The summed E-state index contributed by atoms with van der Waals surface area (Å²) in [5, 5.41) is 0. The van der Waals surface area contributed by atoms with Gasteiger partial charge in [0.25, 0.3) is 5.82 Å². The Labute approximate surface area is 132 Å². The Morgan fingerprint density at radius 3 is 2.60 bits per heavy atom. The quantitative estimate of drug-likeness (QED) is 0.485. The van der Waals surface area contributed by atoms with Gasteiger partial charge in [0, 0.05) is 6.42 Å². The fourth-order valence-corrected chi connectivity index (χ4v) is 2.52. The lowest BCUT2D eigenvalue weighted by Crippen LogP contribution is -3.00. The number of aryl methyl sites for hydroxylation is 2. The molecule has 0 aromatic carbocycles. The van der Waals surface area contributed by atoms with E-state index >= 15 is 0 Å². The van der Waals surface area contributed by atoms with E-state index in [9.17, 15) is 4.79 Å². The SMILES string of the molecule is CCCCn1c(CCC(=O)OC)c[n+](C)c1C(C)C.[Br-]. The van der Waals surface area contributed by atoms with Gasteiger partial charge >= 0.3 is 5.97 Å². The molecule has 1 aromatic rings. The molecular weight excluding hydrogens is 320 g/mol. The van der Waals surface area contributed by atoms with Gasteiger partial charge in [0.05, 0.1) is 33.0 Å². The Kier molecular flexibility index (Phi) is 8.78. The molecule has 0 aliphatic carbocycles. The first kappa shape index (κ1) is 19.2. The first-order valence-electron chi connectivity index (χ1n) is 7.16. The van der Waals surface area contributed by atoms with Crippen molar-refractivity contribution >= 4 is 5.97 Å². The molecule has 0 unspecified atom stereocenters. The van der Waals surface area contributed by atoms with Crippen molar-refractivity contribution < 1.29 is 31.1 Å². The predicted molar refractivity (Wildman–Crippen MR) is 74.9 cm³/mol. The second kappa shape index (κ2) is 9.16. The highest BCUT2D eigenvalue weighted by atomic mass is 79.9. The molecule has 0 saturated heterocycles. The number of carbonyl (C=O) groups is 1. The topological polar surface area (TPSA) is 35.1 Å². The maximum Gasteiger partial charge on any atom is 0.305 e. The molecule has 0 spiro atoms. The average molecular weight is 347 g/mol. The number of hydrogen-bond donors (Lipinski definition) is 0. The molecule has 0 N–H and O–H groups in total. The molecule has 0 aliphatic rings. The summed E-state index contributed by atoms with van der Waals surface area (Å²) in [6.07, 6.45) is 5.69. The van der Waals surface area contributed by atoms with E-state index in [2.05, 4.69) is 43.1 Å². The van der Waals surface area contributed by atoms with Gasteiger partial charge in [-0.2, -0.15) is 0 Å². The van der Waals surface area contributed by atoms with Crippen LogP contribution in [0.4, 0.5) is 0 Å². The zero-order chi connectivity index (χ0) is 14.4. The molecule has 1 rings (SSSR count). The molecule has 1 heterocycles. The summed E-state index contributed by atoms with van der Waals surface area (Å²) in [4.78, 5) is 11.3. The van der Waals surface area contributed by atoms with E-state index in [0.717, 1.165) is 13.0 Å². The van der Waals surface area contributed by atoms with Crippen LogP contribution in [0.2, 0.25) is 0 Å². The number of ether oxygens (including phenoxy) is 1. The van der Waals surface area contributed by atoms with E-state index in [-0.39, 0.29) is 23.0 Å². The Bertz CT molecular complexity index is 428. The van der Waals surface area contributed by atoms with Crippen LogP contribution in [0, 0.1) is 0 Å². The number of carbonyl (C=O) groups excluding carboxylic acids is 1. The highest BCUT2D eigenvalue weighted by Crippen LogP contribution is 2.16. The number of aromatic nitrogens is 2. The Morgan fingerprint density at radius 1 is 1.45 bits per heavy atom. The number of esters is 1. The van der Waals surface area contributed by atoms with E-state index in [1.165, 1.54) is 31.5 Å². The van der Waals surface area contributed by atoms with Crippen molar-refractivity contribution in [1.82, 2.24) is 4.57 Å².